The van der Waals surface area contributed by atoms with Gasteiger partial charge in [-0.2, -0.15) is 0 Å². The molecule has 0 aromatic carbocycles. The van der Waals surface area contributed by atoms with Gasteiger partial charge in [-0.1, -0.05) is 0 Å². The molecule has 0 atom stereocenters. The van der Waals surface area contributed by atoms with Gasteiger partial charge in [-0.3, -0.25) is 4.98 Å². The van der Waals surface area contributed by atoms with E-state index in [1.807, 2.05) is 0 Å². The molecule has 0 bridgehead atoms. The number of hydrogen-bond acceptors (Lipinski definition) is 6. The van der Waals surface area contributed by atoms with Gasteiger partial charge < -0.3 is 24.6 Å². The Bertz CT molecular complexity index is 503. The van der Waals surface area contributed by atoms with E-state index in [9.17, 15) is 14.7 Å². The third kappa shape index (κ3) is 4.71. The van der Waals surface area contributed by atoms with Crippen LogP contribution in [0.15, 0.2) is 6.07 Å². The first-order valence-corrected chi connectivity index (χ1v) is 5.84. The van der Waals surface area contributed by atoms with Crippen molar-refractivity contribution in [2.45, 2.75) is 26.4 Å². The maximum atomic E-state index is 11.6. The van der Waals surface area contributed by atoms with Crippen LogP contribution < -0.4 is 4.74 Å². The summed E-state index contributed by atoms with van der Waals surface area (Å²) in [6, 6.07) is 1.04. The highest BCUT2D eigenvalue weighted by molar-refractivity contribution is 5.80. The minimum atomic E-state index is -0.785. The molecule has 0 unspecified atom stereocenters. The van der Waals surface area contributed by atoms with Gasteiger partial charge in [-0.15, -0.1) is 0 Å². The number of rotatable bonds is 3. The number of hydrogen-bond donors (Lipinski definition) is 3. The molecule has 1 amide bonds. The van der Waals surface area contributed by atoms with Crippen molar-refractivity contribution >= 4 is 12.1 Å². The van der Waals surface area contributed by atoms with Crippen LogP contribution in [0.25, 0.3) is 0 Å². The lowest BCUT2D eigenvalue weighted by molar-refractivity contribution is -0.135. The van der Waals surface area contributed by atoms with Gasteiger partial charge in [0.15, 0.2) is 11.6 Å². The number of aromatic hydroxyl groups is 2. The number of aromatic amines is 1. The normalized spacial score (nSPS) is 11.0. The predicted molar refractivity (Wildman–Crippen MR) is 68.6 cm³/mol. The van der Waals surface area contributed by atoms with Crippen molar-refractivity contribution in [1.82, 2.24) is 9.88 Å². The third-order valence-electron chi connectivity index (χ3n) is 2.04. The third-order valence-corrected chi connectivity index (χ3v) is 2.04. The molecule has 0 aliphatic carbocycles. The molecule has 0 aliphatic rings. The van der Waals surface area contributed by atoms with E-state index < -0.39 is 23.5 Å². The molecule has 0 saturated carbocycles. The molecule has 1 rings (SSSR count). The van der Waals surface area contributed by atoms with E-state index in [4.69, 9.17) is 14.6 Å². The zero-order chi connectivity index (χ0) is 15.5. The standard InChI is InChI=1S/C12H18N2O6/c1-12(2,3)20-11(18)14(4)6-9(16)19-7-5-8(15)13-10(7)17/h5,13,15,17H,6H2,1-4H3. The molecule has 0 aliphatic heterocycles. The molecule has 8 nitrogen and oxygen atoms in total. The highest BCUT2D eigenvalue weighted by atomic mass is 16.6. The largest absolute Gasteiger partial charge is 0.494 e. The Morgan fingerprint density at radius 2 is 1.95 bits per heavy atom. The summed E-state index contributed by atoms with van der Waals surface area (Å²) in [6.45, 7) is 4.76. The smallest absolute Gasteiger partial charge is 0.410 e. The van der Waals surface area contributed by atoms with Crippen LogP contribution in [0.2, 0.25) is 0 Å². The minimum Gasteiger partial charge on any atom is -0.494 e. The van der Waals surface area contributed by atoms with Crippen molar-refractivity contribution in [1.29, 1.82) is 0 Å². The fourth-order valence-electron chi connectivity index (χ4n) is 1.24. The molecular formula is C12H18N2O6. The first-order chi connectivity index (χ1) is 9.08. The Morgan fingerprint density at radius 1 is 1.35 bits per heavy atom. The zero-order valence-electron chi connectivity index (χ0n) is 11.8. The second kappa shape index (κ2) is 5.72. The fraction of sp³-hybridized carbons (Fsp3) is 0.500. The van der Waals surface area contributed by atoms with Crippen LogP contribution in [0.4, 0.5) is 4.79 Å². The fourth-order valence-corrected chi connectivity index (χ4v) is 1.24. The average molecular weight is 286 g/mol. The number of carbonyl (C=O) groups is 2. The lowest BCUT2D eigenvalue weighted by atomic mass is 10.2. The second-order valence-corrected chi connectivity index (χ2v) is 5.18. The second-order valence-electron chi connectivity index (χ2n) is 5.18. The van der Waals surface area contributed by atoms with E-state index in [0.717, 1.165) is 11.0 Å². The number of nitrogens with one attached hydrogen (secondary N) is 1. The van der Waals surface area contributed by atoms with Crippen LogP contribution >= 0.6 is 0 Å². The Balaban J connectivity index is 2.54. The van der Waals surface area contributed by atoms with E-state index in [-0.39, 0.29) is 18.2 Å². The van der Waals surface area contributed by atoms with Crippen molar-refractivity contribution in [2.75, 3.05) is 13.6 Å². The summed E-state index contributed by atoms with van der Waals surface area (Å²) >= 11 is 0. The molecule has 0 radical (unpaired) electrons. The van der Waals surface area contributed by atoms with Gasteiger partial charge >= 0.3 is 12.1 Å². The first-order valence-electron chi connectivity index (χ1n) is 5.84. The number of carbonyl (C=O) groups excluding carboxylic acids is 2. The first kappa shape index (κ1) is 15.7. The van der Waals surface area contributed by atoms with Crippen LogP contribution in [-0.4, -0.2) is 51.4 Å². The van der Waals surface area contributed by atoms with Gasteiger partial charge in [0.05, 0.1) is 0 Å². The van der Waals surface area contributed by atoms with Crippen molar-refractivity contribution in [3.63, 3.8) is 0 Å². The van der Waals surface area contributed by atoms with Crippen LogP contribution in [0.1, 0.15) is 20.8 Å². The van der Waals surface area contributed by atoms with Crippen molar-refractivity contribution in [3.05, 3.63) is 6.07 Å². The van der Waals surface area contributed by atoms with E-state index in [2.05, 4.69) is 4.98 Å². The summed E-state index contributed by atoms with van der Waals surface area (Å²) in [6.07, 6.45) is -0.671. The van der Waals surface area contributed by atoms with Gasteiger partial charge in [0.1, 0.15) is 12.1 Å². The van der Waals surface area contributed by atoms with E-state index in [1.165, 1.54) is 7.05 Å². The molecule has 20 heavy (non-hydrogen) atoms. The maximum absolute atomic E-state index is 11.6. The highest BCUT2D eigenvalue weighted by Crippen LogP contribution is 2.29. The summed E-state index contributed by atoms with van der Waals surface area (Å²) < 4.78 is 9.85. The Labute approximate surface area is 115 Å². The van der Waals surface area contributed by atoms with E-state index >= 15 is 0 Å². The van der Waals surface area contributed by atoms with Crippen molar-refractivity contribution < 1.29 is 29.3 Å². The summed E-state index contributed by atoms with van der Waals surface area (Å²) in [7, 11) is 1.38. The number of esters is 1. The molecule has 0 spiro atoms. The highest BCUT2D eigenvalue weighted by Gasteiger charge is 2.22. The molecule has 3 N–H and O–H groups in total. The number of ether oxygens (including phenoxy) is 2. The lowest BCUT2D eigenvalue weighted by Crippen LogP contribution is -2.38. The molecule has 112 valence electrons. The quantitative estimate of drug-likeness (QED) is 0.720. The molecule has 8 heteroatoms. The van der Waals surface area contributed by atoms with Gasteiger partial charge in [-0.05, 0) is 20.8 Å². The molecule has 0 saturated heterocycles. The molecular weight excluding hydrogens is 268 g/mol. The van der Waals surface area contributed by atoms with Crippen LogP contribution in [0.3, 0.4) is 0 Å². The maximum Gasteiger partial charge on any atom is 0.410 e. The summed E-state index contributed by atoms with van der Waals surface area (Å²) in [4.78, 5) is 26.4. The van der Waals surface area contributed by atoms with Gasteiger partial charge in [0.2, 0.25) is 5.88 Å². The number of amides is 1. The SMILES string of the molecule is CN(CC(=O)Oc1cc(O)[nH]c1O)C(=O)OC(C)(C)C. The summed E-state index contributed by atoms with van der Waals surface area (Å²) in [5.41, 5.74) is -0.667. The van der Waals surface area contributed by atoms with Crippen molar-refractivity contribution in [2.24, 2.45) is 0 Å². The van der Waals surface area contributed by atoms with Gasteiger partial charge in [0.25, 0.3) is 0 Å². The predicted octanol–water partition coefficient (Wildman–Crippen LogP) is 1.20. The molecule has 1 heterocycles. The van der Waals surface area contributed by atoms with Crippen LogP contribution in [-0.2, 0) is 9.53 Å². The van der Waals surface area contributed by atoms with Crippen LogP contribution in [0.5, 0.6) is 17.5 Å². The Hall–Kier alpha value is -2.38. The number of aromatic nitrogens is 1. The number of nitrogens with zero attached hydrogens (tertiary/aromatic N) is 1. The molecule has 1 aromatic rings. The van der Waals surface area contributed by atoms with E-state index in [1.54, 1.807) is 20.8 Å². The van der Waals surface area contributed by atoms with Crippen LogP contribution in [0, 0.1) is 0 Å². The molecule has 1 aromatic heterocycles. The lowest BCUT2D eigenvalue weighted by Gasteiger charge is -2.23. The Kier molecular flexibility index (Phi) is 4.49. The van der Waals surface area contributed by atoms with Gasteiger partial charge in [0, 0.05) is 13.1 Å². The zero-order valence-corrected chi connectivity index (χ0v) is 11.8. The average Bonchev–Trinajstić information content (AvgIpc) is 2.54. The summed E-state index contributed by atoms with van der Waals surface area (Å²) in [5.74, 6) is -1.82. The minimum absolute atomic E-state index is 0.218. The Morgan fingerprint density at radius 3 is 2.40 bits per heavy atom. The molecule has 0 fully saturated rings. The monoisotopic (exact) mass is 286 g/mol. The van der Waals surface area contributed by atoms with Crippen molar-refractivity contribution in [3.8, 4) is 17.5 Å². The number of H-pyrrole nitrogens is 1. The topological polar surface area (TPSA) is 112 Å². The van der Waals surface area contributed by atoms with E-state index in [0.29, 0.717) is 0 Å². The van der Waals surface area contributed by atoms with Gasteiger partial charge in [-0.25, -0.2) is 9.59 Å². The number of likely N-dealkylation sites (N-methyl/N-ethyl adjacent to an activating group) is 1. The summed E-state index contributed by atoms with van der Waals surface area (Å²) in [5, 5.41) is 18.3.